The smallest absolute Gasteiger partial charge is 0.338 e. The molecule has 0 fully saturated rings. The second-order valence-electron chi connectivity index (χ2n) is 4.28. The highest BCUT2D eigenvalue weighted by atomic mass is 79.9. The normalized spacial score (nSPS) is 10.2. The van der Waals surface area contributed by atoms with E-state index in [1.54, 1.807) is 32.0 Å². The minimum atomic E-state index is -0.401. The summed E-state index contributed by atoms with van der Waals surface area (Å²) in [7, 11) is 0. The lowest BCUT2D eigenvalue weighted by Gasteiger charge is -2.08. The predicted molar refractivity (Wildman–Crippen MR) is 81.4 cm³/mol. The summed E-state index contributed by atoms with van der Waals surface area (Å²) < 4.78 is 5.52. The van der Waals surface area contributed by atoms with Gasteiger partial charge in [-0.3, -0.25) is 9.89 Å². The third kappa shape index (κ3) is 3.49. The number of aromatic nitrogens is 2. The van der Waals surface area contributed by atoms with Crippen LogP contribution in [0.25, 0.3) is 0 Å². The second kappa shape index (κ2) is 6.53. The van der Waals surface area contributed by atoms with Crippen LogP contribution < -0.4 is 5.32 Å². The Morgan fingerprint density at radius 2 is 2.19 bits per heavy atom. The number of carbonyl (C=O) groups is 2. The van der Waals surface area contributed by atoms with Crippen molar-refractivity contribution in [1.29, 1.82) is 0 Å². The van der Waals surface area contributed by atoms with Gasteiger partial charge in [-0.15, -0.1) is 0 Å². The Bertz CT molecular complexity index is 682. The van der Waals surface area contributed by atoms with Crippen LogP contribution in [-0.4, -0.2) is 28.7 Å². The fourth-order valence-electron chi connectivity index (χ4n) is 1.73. The van der Waals surface area contributed by atoms with Gasteiger partial charge < -0.3 is 10.1 Å². The molecule has 1 amide bonds. The highest BCUT2D eigenvalue weighted by Crippen LogP contribution is 2.24. The van der Waals surface area contributed by atoms with E-state index in [0.29, 0.717) is 33.6 Å². The zero-order valence-corrected chi connectivity index (χ0v) is 13.2. The van der Waals surface area contributed by atoms with E-state index in [1.165, 1.54) is 6.20 Å². The lowest BCUT2D eigenvalue weighted by atomic mass is 10.2. The highest BCUT2D eigenvalue weighted by molar-refractivity contribution is 9.10. The van der Waals surface area contributed by atoms with Gasteiger partial charge in [0, 0.05) is 10.2 Å². The van der Waals surface area contributed by atoms with Gasteiger partial charge in [0.2, 0.25) is 0 Å². The maximum Gasteiger partial charge on any atom is 0.338 e. The van der Waals surface area contributed by atoms with E-state index < -0.39 is 5.97 Å². The molecule has 110 valence electrons. The van der Waals surface area contributed by atoms with E-state index in [4.69, 9.17) is 4.74 Å². The summed E-state index contributed by atoms with van der Waals surface area (Å²) in [6.45, 7) is 3.82. The fraction of sp³-hybridized carbons (Fsp3) is 0.214. The first-order chi connectivity index (χ1) is 10.0. The van der Waals surface area contributed by atoms with Crippen molar-refractivity contribution in [2.24, 2.45) is 0 Å². The lowest BCUT2D eigenvalue weighted by molar-refractivity contribution is 0.0526. The first-order valence-corrected chi connectivity index (χ1v) is 7.10. The number of aromatic amines is 1. The van der Waals surface area contributed by atoms with Crippen LogP contribution in [0.4, 0.5) is 5.69 Å². The van der Waals surface area contributed by atoms with Crippen molar-refractivity contribution in [3.05, 3.63) is 45.7 Å². The summed E-state index contributed by atoms with van der Waals surface area (Å²) in [4.78, 5) is 23.7. The van der Waals surface area contributed by atoms with Crippen LogP contribution in [0.5, 0.6) is 0 Å². The first-order valence-electron chi connectivity index (χ1n) is 6.31. The maximum atomic E-state index is 12.1. The van der Waals surface area contributed by atoms with Crippen LogP contribution in [0, 0.1) is 6.92 Å². The molecule has 0 aliphatic carbocycles. The molecular weight excluding hydrogens is 338 g/mol. The molecule has 7 heteroatoms. The van der Waals surface area contributed by atoms with Gasteiger partial charge >= 0.3 is 5.97 Å². The van der Waals surface area contributed by atoms with Crippen molar-refractivity contribution in [3.63, 3.8) is 0 Å². The van der Waals surface area contributed by atoms with Crippen molar-refractivity contribution >= 4 is 33.5 Å². The molecule has 6 nitrogen and oxygen atoms in total. The number of anilines is 1. The number of hydrogen-bond acceptors (Lipinski definition) is 4. The highest BCUT2D eigenvalue weighted by Gasteiger charge is 2.14. The minimum Gasteiger partial charge on any atom is -0.462 e. The SMILES string of the molecule is CCOC(=O)c1ccc(NC(=O)c2cn[nH]c2C)c(Br)c1. The van der Waals surface area contributed by atoms with E-state index in [0.717, 1.165) is 0 Å². The quantitative estimate of drug-likeness (QED) is 0.829. The number of carbonyl (C=O) groups excluding carboxylic acids is 2. The molecule has 0 aliphatic rings. The number of nitrogens with one attached hydrogen (secondary N) is 2. The maximum absolute atomic E-state index is 12.1. The Kier molecular flexibility index (Phi) is 4.74. The number of esters is 1. The molecule has 0 saturated heterocycles. The summed E-state index contributed by atoms with van der Waals surface area (Å²) in [5, 5.41) is 9.26. The topological polar surface area (TPSA) is 84.1 Å². The molecule has 1 aromatic carbocycles. The largest absolute Gasteiger partial charge is 0.462 e. The zero-order chi connectivity index (χ0) is 15.4. The van der Waals surface area contributed by atoms with Gasteiger partial charge in [0.25, 0.3) is 5.91 Å². The van der Waals surface area contributed by atoms with Gasteiger partial charge in [-0.2, -0.15) is 5.10 Å². The summed E-state index contributed by atoms with van der Waals surface area (Å²) in [5.41, 5.74) is 2.14. The number of rotatable bonds is 4. The zero-order valence-electron chi connectivity index (χ0n) is 11.6. The molecular formula is C14H14BrN3O3. The van der Waals surface area contributed by atoms with Crippen molar-refractivity contribution < 1.29 is 14.3 Å². The molecule has 2 N–H and O–H groups in total. The number of halogens is 1. The van der Waals surface area contributed by atoms with E-state index in [2.05, 4.69) is 31.4 Å². The van der Waals surface area contributed by atoms with Crippen LogP contribution in [0.1, 0.15) is 33.3 Å². The Balaban J connectivity index is 2.16. The third-order valence-electron chi connectivity index (χ3n) is 2.80. The number of hydrogen-bond donors (Lipinski definition) is 2. The van der Waals surface area contributed by atoms with E-state index in [1.807, 2.05) is 0 Å². The Hall–Kier alpha value is -2.15. The van der Waals surface area contributed by atoms with Gasteiger partial charge in [0.05, 0.1) is 29.6 Å². The molecule has 2 aromatic rings. The van der Waals surface area contributed by atoms with Crippen LogP contribution in [0.15, 0.2) is 28.9 Å². The first kappa shape index (κ1) is 15.2. The van der Waals surface area contributed by atoms with E-state index in [-0.39, 0.29) is 5.91 Å². The Labute approximate surface area is 130 Å². The number of nitrogens with zero attached hydrogens (tertiary/aromatic N) is 1. The average Bonchev–Trinajstić information content (AvgIpc) is 2.87. The molecule has 1 heterocycles. The van der Waals surface area contributed by atoms with Crippen LogP contribution >= 0.6 is 15.9 Å². The average molecular weight is 352 g/mol. The Morgan fingerprint density at radius 1 is 1.43 bits per heavy atom. The molecule has 0 aliphatic heterocycles. The van der Waals surface area contributed by atoms with Crippen LogP contribution in [0.2, 0.25) is 0 Å². The van der Waals surface area contributed by atoms with Gasteiger partial charge in [-0.25, -0.2) is 4.79 Å². The van der Waals surface area contributed by atoms with Crippen LogP contribution in [-0.2, 0) is 4.74 Å². The van der Waals surface area contributed by atoms with Crippen molar-refractivity contribution in [2.45, 2.75) is 13.8 Å². The third-order valence-corrected chi connectivity index (χ3v) is 3.46. The number of ether oxygens (including phenoxy) is 1. The molecule has 0 atom stereocenters. The summed E-state index contributed by atoms with van der Waals surface area (Å²) in [6, 6.07) is 4.85. The summed E-state index contributed by atoms with van der Waals surface area (Å²) in [5.74, 6) is -0.674. The molecule has 0 saturated carbocycles. The molecule has 1 aromatic heterocycles. The number of H-pyrrole nitrogens is 1. The van der Waals surface area contributed by atoms with Gasteiger partial charge in [-0.1, -0.05) is 0 Å². The summed E-state index contributed by atoms with van der Waals surface area (Å²) >= 11 is 3.33. The van der Waals surface area contributed by atoms with E-state index >= 15 is 0 Å². The van der Waals surface area contributed by atoms with Crippen LogP contribution in [0.3, 0.4) is 0 Å². The molecule has 0 unspecified atom stereocenters. The molecule has 0 spiro atoms. The fourth-order valence-corrected chi connectivity index (χ4v) is 2.21. The Morgan fingerprint density at radius 3 is 2.76 bits per heavy atom. The van der Waals surface area contributed by atoms with Crippen molar-refractivity contribution in [3.8, 4) is 0 Å². The van der Waals surface area contributed by atoms with Gasteiger partial charge in [0.1, 0.15) is 0 Å². The monoisotopic (exact) mass is 351 g/mol. The number of aryl methyl sites for hydroxylation is 1. The number of amides is 1. The molecule has 0 bridgehead atoms. The molecule has 21 heavy (non-hydrogen) atoms. The van der Waals surface area contributed by atoms with E-state index in [9.17, 15) is 9.59 Å². The number of benzene rings is 1. The van der Waals surface area contributed by atoms with Crippen molar-refractivity contribution in [2.75, 3.05) is 11.9 Å². The molecule has 0 radical (unpaired) electrons. The summed E-state index contributed by atoms with van der Waals surface area (Å²) in [6.07, 6.45) is 1.46. The molecule has 2 rings (SSSR count). The standard InChI is InChI=1S/C14H14BrN3O3/c1-3-21-14(20)9-4-5-12(11(15)6-9)17-13(19)10-7-16-18-8(10)2/h4-7H,3H2,1-2H3,(H,16,18)(H,17,19). The minimum absolute atomic E-state index is 0.272. The second-order valence-corrected chi connectivity index (χ2v) is 5.13. The van der Waals surface area contributed by atoms with Crippen molar-refractivity contribution in [1.82, 2.24) is 10.2 Å². The lowest BCUT2D eigenvalue weighted by Crippen LogP contribution is -2.13. The van der Waals surface area contributed by atoms with Gasteiger partial charge in [0.15, 0.2) is 0 Å². The van der Waals surface area contributed by atoms with Gasteiger partial charge in [-0.05, 0) is 48.0 Å². The predicted octanol–water partition coefficient (Wildman–Crippen LogP) is 2.91.